The Kier molecular flexibility index (Phi) is 6.00. The molecule has 2 heterocycles. The van der Waals surface area contributed by atoms with E-state index >= 15 is 0 Å². The van der Waals surface area contributed by atoms with Gasteiger partial charge in [-0.15, -0.1) is 0 Å². The Labute approximate surface area is 205 Å². The molecule has 3 aromatic carbocycles. The van der Waals surface area contributed by atoms with E-state index in [1.807, 2.05) is 42.2 Å². The average molecular weight is 496 g/mol. The van der Waals surface area contributed by atoms with Crippen LogP contribution in [0.5, 0.6) is 0 Å². The summed E-state index contributed by atoms with van der Waals surface area (Å²) in [7, 11) is -3.67. The van der Waals surface area contributed by atoms with Gasteiger partial charge in [0.1, 0.15) is 0 Å². The molecule has 8 heteroatoms. The molecule has 2 aliphatic heterocycles. The average Bonchev–Trinajstić information content (AvgIpc) is 3.20. The van der Waals surface area contributed by atoms with Crippen LogP contribution in [0.2, 0.25) is 5.02 Å². The number of halogens is 1. The Morgan fingerprint density at radius 1 is 0.912 bits per heavy atom. The van der Waals surface area contributed by atoms with Gasteiger partial charge >= 0.3 is 0 Å². The Morgan fingerprint density at radius 3 is 2.35 bits per heavy atom. The van der Waals surface area contributed by atoms with E-state index in [0.29, 0.717) is 35.8 Å². The molecule has 0 bridgehead atoms. The first-order valence-corrected chi connectivity index (χ1v) is 13.2. The van der Waals surface area contributed by atoms with Crippen molar-refractivity contribution in [2.24, 2.45) is 0 Å². The fourth-order valence-corrected chi connectivity index (χ4v) is 6.73. The van der Waals surface area contributed by atoms with E-state index in [2.05, 4.69) is 4.90 Å². The van der Waals surface area contributed by atoms with E-state index in [0.717, 1.165) is 24.3 Å². The quantitative estimate of drug-likeness (QED) is 0.536. The molecule has 5 rings (SSSR count). The summed E-state index contributed by atoms with van der Waals surface area (Å²) >= 11 is 6.12. The van der Waals surface area contributed by atoms with Gasteiger partial charge in [-0.25, -0.2) is 8.42 Å². The van der Waals surface area contributed by atoms with Gasteiger partial charge in [-0.3, -0.25) is 9.10 Å². The molecule has 0 saturated carbocycles. The maximum absolute atomic E-state index is 13.3. The molecule has 2 aliphatic rings. The fraction of sp³-hybridized carbons (Fsp3) is 0.269. The number of nitrogens with zero attached hydrogens (tertiary/aromatic N) is 3. The lowest BCUT2D eigenvalue weighted by Gasteiger charge is -2.36. The number of hydrogen-bond donors (Lipinski definition) is 0. The molecule has 34 heavy (non-hydrogen) atoms. The van der Waals surface area contributed by atoms with Crippen molar-refractivity contribution in [2.75, 3.05) is 35.4 Å². The predicted octanol–water partition coefficient (Wildman–Crippen LogP) is 4.44. The Balaban J connectivity index is 1.32. The first kappa shape index (κ1) is 22.7. The largest absolute Gasteiger partial charge is 0.368 e. The molecule has 0 radical (unpaired) electrons. The second kappa shape index (κ2) is 8.96. The van der Waals surface area contributed by atoms with Crippen LogP contribution in [-0.2, 0) is 16.4 Å². The minimum atomic E-state index is -3.67. The first-order valence-electron chi connectivity index (χ1n) is 11.4. The third kappa shape index (κ3) is 4.14. The van der Waals surface area contributed by atoms with Crippen molar-refractivity contribution in [3.05, 3.63) is 88.9 Å². The molecule has 6 nitrogen and oxygen atoms in total. The molecule has 176 valence electrons. The van der Waals surface area contributed by atoms with Gasteiger partial charge < -0.3 is 9.80 Å². The number of anilines is 2. The number of carbonyl (C=O) groups is 1. The van der Waals surface area contributed by atoms with E-state index < -0.39 is 10.0 Å². The molecule has 0 aromatic heterocycles. The fourth-order valence-electron chi connectivity index (χ4n) is 4.83. The number of carbonyl (C=O) groups excluding carboxylic acids is 1. The van der Waals surface area contributed by atoms with Crippen LogP contribution in [-0.4, -0.2) is 51.4 Å². The van der Waals surface area contributed by atoms with Crippen LogP contribution in [0.4, 0.5) is 11.4 Å². The lowest BCUT2D eigenvalue weighted by atomic mass is 10.1. The van der Waals surface area contributed by atoms with Gasteiger partial charge in [0.15, 0.2) is 0 Å². The Bertz CT molecular complexity index is 1320. The molecule has 3 aromatic rings. The van der Waals surface area contributed by atoms with Crippen LogP contribution in [0.1, 0.15) is 22.8 Å². The van der Waals surface area contributed by atoms with Crippen molar-refractivity contribution in [1.82, 2.24) is 4.90 Å². The molecule has 0 N–H and O–H groups in total. The summed E-state index contributed by atoms with van der Waals surface area (Å²) in [5.74, 6) is -0.0226. The second-order valence-electron chi connectivity index (χ2n) is 8.77. The molecule has 1 atom stereocenters. The van der Waals surface area contributed by atoms with Crippen LogP contribution >= 0.6 is 11.6 Å². The minimum absolute atomic E-state index is 0.0226. The van der Waals surface area contributed by atoms with Gasteiger partial charge in [-0.05, 0) is 67.4 Å². The third-order valence-electron chi connectivity index (χ3n) is 6.52. The van der Waals surface area contributed by atoms with Crippen molar-refractivity contribution in [2.45, 2.75) is 24.3 Å². The highest BCUT2D eigenvalue weighted by atomic mass is 35.5. The van der Waals surface area contributed by atoms with E-state index in [9.17, 15) is 13.2 Å². The summed E-state index contributed by atoms with van der Waals surface area (Å²) in [4.78, 5) is 17.6. The van der Waals surface area contributed by atoms with E-state index in [4.69, 9.17) is 11.6 Å². The van der Waals surface area contributed by atoms with Crippen molar-refractivity contribution < 1.29 is 13.2 Å². The molecule has 1 saturated heterocycles. The monoisotopic (exact) mass is 495 g/mol. The van der Waals surface area contributed by atoms with Crippen LogP contribution in [0.3, 0.4) is 0 Å². The maximum Gasteiger partial charge on any atom is 0.264 e. The zero-order valence-electron chi connectivity index (χ0n) is 18.9. The number of amides is 1. The second-order valence-corrected chi connectivity index (χ2v) is 11.0. The standard InChI is InChI=1S/C26H26ClN3O3S/c1-19-16-21-17-20(10-11-25(21)30(19)34(32,33)24-8-3-2-4-9-24)26(31)29-14-12-28(13-15-29)23-7-5-6-22(27)18-23/h2-11,17-19H,12-16H2,1H3/t19-/m1/s1. The predicted molar refractivity (Wildman–Crippen MR) is 135 cm³/mol. The Hall–Kier alpha value is -3.03. The zero-order chi connectivity index (χ0) is 23.9. The van der Waals surface area contributed by atoms with Gasteiger partial charge in [0, 0.05) is 48.5 Å². The Morgan fingerprint density at radius 2 is 1.65 bits per heavy atom. The number of rotatable bonds is 4. The van der Waals surface area contributed by atoms with Gasteiger partial charge in [0.25, 0.3) is 15.9 Å². The van der Waals surface area contributed by atoms with Crippen molar-refractivity contribution in [1.29, 1.82) is 0 Å². The summed E-state index contributed by atoms with van der Waals surface area (Å²) in [5.41, 5.74) is 3.20. The van der Waals surface area contributed by atoms with Crippen molar-refractivity contribution in [3.8, 4) is 0 Å². The van der Waals surface area contributed by atoms with Crippen LogP contribution in [0.25, 0.3) is 0 Å². The SMILES string of the molecule is C[C@@H]1Cc2cc(C(=O)N3CCN(c4cccc(Cl)c4)CC3)ccc2N1S(=O)(=O)c1ccccc1. The smallest absolute Gasteiger partial charge is 0.264 e. The normalized spacial score (nSPS) is 18.2. The summed E-state index contributed by atoms with van der Waals surface area (Å²) in [6.07, 6.45) is 0.574. The first-order chi connectivity index (χ1) is 16.3. The molecule has 0 unspecified atom stereocenters. The van der Waals surface area contributed by atoms with Crippen molar-refractivity contribution in [3.63, 3.8) is 0 Å². The van der Waals surface area contributed by atoms with Crippen molar-refractivity contribution >= 4 is 38.9 Å². The lowest BCUT2D eigenvalue weighted by molar-refractivity contribution is 0.0746. The number of piperazine rings is 1. The molecule has 0 spiro atoms. The molecule has 0 aliphatic carbocycles. The van der Waals surface area contributed by atoms with Crippen LogP contribution in [0, 0.1) is 0 Å². The number of fused-ring (bicyclic) bond motifs is 1. The highest BCUT2D eigenvalue weighted by molar-refractivity contribution is 7.92. The topological polar surface area (TPSA) is 60.9 Å². The summed E-state index contributed by atoms with van der Waals surface area (Å²) < 4.78 is 28.0. The van der Waals surface area contributed by atoms with Gasteiger partial charge in [0.2, 0.25) is 0 Å². The number of benzene rings is 3. The van der Waals surface area contributed by atoms with Crippen LogP contribution < -0.4 is 9.21 Å². The van der Waals surface area contributed by atoms with E-state index in [1.165, 1.54) is 4.31 Å². The lowest BCUT2D eigenvalue weighted by Crippen LogP contribution is -2.48. The van der Waals surface area contributed by atoms with E-state index in [1.54, 1.807) is 42.5 Å². The summed E-state index contributed by atoms with van der Waals surface area (Å²) in [6.45, 7) is 4.60. The van der Waals surface area contributed by atoms with Gasteiger partial charge in [-0.1, -0.05) is 35.9 Å². The minimum Gasteiger partial charge on any atom is -0.368 e. The number of hydrogen-bond acceptors (Lipinski definition) is 4. The zero-order valence-corrected chi connectivity index (χ0v) is 20.5. The summed E-state index contributed by atoms with van der Waals surface area (Å²) in [5, 5.41) is 0.701. The highest BCUT2D eigenvalue weighted by Gasteiger charge is 2.36. The molecule has 1 amide bonds. The van der Waals surface area contributed by atoms with E-state index in [-0.39, 0.29) is 16.8 Å². The van der Waals surface area contributed by atoms with Crippen LogP contribution in [0.15, 0.2) is 77.7 Å². The number of sulfonamides is 1. The highest BCUT2D eigenvalue weighted by Crippen LogP contribution is 2.37. The molecular formula is C26H26ClN3O3S. The third-order valence-corrected chi connectivity index (χ3v) is 8.70. The summed E-state index contributed by atoms with van der Waals surface area (Å²) in [6, 6.07) is 21.4. The van der Waals surface area contributed by atoms with Gasteiger partial charge in [0.05, 0.1) is 10.6 Å². The molecular weight excluding hydrogens is 470 g/mol. The molecule has 1 fully saturated rings. The maximum atomic E-state index is 13.3. The van der Waals surface area contributed by atoms with Gasteiger partial charge in [-0.2, -0.15) is 0 Å².